The van der Waals surface area contributed by atoms with Gasteiger partial charge in [-0.25, -0.2) is 9.69 Å². The zero-order valence-electron chi connectivity index (χ0n) is 19.3. The smallest absolute Gasteiger partial charge is 0.417 e. The lowest BCUT2D eigenvalue weighted by Gasteiger charge is -2.20. The molecule has 5 nitrogen and oxygen atoms in total. The van der Waals surface area contributed by atoms with E-state index in [0.29, 0.717) is 13.0 Å². The number of allylic oxidation sites excluding steroid dienone is 3. The van der Waals surface area contributed by atoms with Crippen LogP contribution in [0.3, 0.4) is 0 Å². The van der Waals surface area contributed by atoms with Crippen molar-refractivity contribution in [3.63, 3.8) is 0 Å². The number of pyridine rings is 1. The van der Waals surface area contributed by atoms with Gasteiger partial charge in [0.1, 0.15) is 6.10 Å². The lowest BCUT2D eigenvalue weighted by Crippen LogP contribution is -2.39. The summed E-state index contributed by atoms with van der Waals surface area (Å²) in [5.41, 5.74) is -2.65. The second-order valence-electron chi connectivity index (χ2n) is 8.32. The standard InChI is InChI=1S/C25H22F6N2O3/c1-14(11-19(25(29,30)31)12-15(2)24(26,27)28)22-16(3)33(23(35)36-22)21(34)8-7-17-5-4-6-18-9-10-32-13-20(17)18/h4-6,9-13,16,22H,1,7-8H2,2-3H3/b15-12+,19-11+/t16-,22+/m0/s1. The van der Waals surface area contributed by atoms with E-state index in [2.05, 4.69) is 11.6 Å². The van der Waals surface area contributed by atoms with Crippen LogP contribution < -0.4 is 0 Å². The van der Waals surface area contributed by atoms with Gasteiger partial charge in [0.2, 0.25) is 5.91 Å². The summed E-state index contributed by atoms with van der Waals surface area (Å²) in [5.74, 6) is -0.614. The van der Waals surface area contributed by atoms with Gasteiger partial charge < -0.3 is 4.74 Å². The number of alkyl halides is 6. The van der Waals surface area contributed by atoms with Gasteiger partial charge in [0, 0.05) is 29.8 Å². The Labute approximate surface area is 202 Å². The van der Waals surface area contributed by atoms with Gasteiger partial charge in [0.25, 0.3) is 0 Å². The Hall–Kier alpha value is -3.63. The summed E-state index contributed by atoms with van der Waals surface area (Å²) < 4.78 is 83.5. The van der Waals surface area contributed by atoms with E-state index in [1.165, 1.54) is 6.92 Å². The SMILES string of the molecule is C=C(/C=C(\C=C(/C)C(F)(F)F)C(F)(F)F)[C@H]1OC(=O)N(C(=O)CCc2cccc3ccncc23)[C@H]1C. The molecule has 0 N–H and O–H groups in total. The van der Waals surface area contributed by atoms with Crippen molar-refractivity contribution >= 4 is 22.8 Å². The number of hydrogen-bond donors (Lipinski definition) is 0. The van der Waals surface area contributed by atoms with Crippen LogP contribution in [0.5, 0.6) is 0 Å². The molecule has 11 heteroatoms. The van der Waals surface area contributed by atoms with Crippen LogP contribution in [-0.2, 0) is 16.0 Å². The fourth-order valence-corrected chi connectivity index (χ4v) is 3.84. The molecule has 0 spiro atoms. The number of aromatic nitrogens is 1. The monoisotopic (exact) mass is 512 g/mol. The highest BCUT2D eigenvalue weighted by atomic mass is 19.4. The van der Waals surface area contributed by atoms with Crippen LogP contribution >= 0.6 is 0 Å². The Morgan fingerprint density at radius 3 is 2.47 bits per heavy atom. The lowest BCUT2D eigenvalue weighted by atomic mass is 10.00. The first-order valence-corrected chi connectivity index (χ1v) is 10.8. The number of ether oxygens (including phenoxy) is 1. The molecule has 1 saturated heterocycles. The van der Waals surface area contributed by atoms with Crippen molar-refractivity contribution in [2.75, 3.05) is 0 Å². The number of carbonyl (C=O) groups is 2. The van der Waals surface area contributed by atoms with Crippen LogP contribution in [0.25, 0.3) is 10.8 Å². The van der Waals surface area contributed by atoms with E-state index in [1.54, 1.807) is 12.4 Å². The minimum Gasteiger partial charge on any atom is -0.439 e. The van der Waals surface area contributed by atoms with Crippen molar-refractivity contribution in [2.45, 2.75) is 51.2 Å². The molecule has 192 valence electrons. The first kappa shape index (κ1) is 27.0. The van der Waals surface area contributed by atoms with Crippen LogP contribution in [0, 0.1) is 0 Å². The number of fused-ring (bicyclic) bond motifs is 1. The fraction of sp³-hybridized carbons (Fsp3) is 0.320. The molecule has 2 aromatic rings. The molecule has 3 rings (SSSR count). The van der Waals surface area contributed by atoms with Crippen molar-refractivity contribution in [1.29, 1.82) is 0 Å². The third-order valence-corrected chi connectivity index (χ3v) is 5.77. The van der Waals surface area contributed by atoms with Gasteiger partial charge >= 0.3 is 18.4 Å². The third-order valence-electron chi connectivity index (χ3n) is 5.77. The number of rotatable bonds is 6. The van der Waals surface area contributed by atoms with Gasteiger partial charge in [-0.05, 0) is 55.0 Å². The number of nitrogens with zero attached hydrogens (tertiary/aromatic N) is 2. The summed E-state index contributed by atoms with van der Waals surface area (Å²) >= 11 is 0. The summed E-state index contributed by atoms with van der Waals surface area (Å²) in [6.45, 7) is 5.35. The van der Waals surface area contributed by atoms with Crippen LogP contribution in [-0.4, -0.2) is 46.4 Å². The quantitative estimate of drug-likeness (QED) is 0.330. The molecular weight excluding hydrogens is 490 g/mol. The molecule has 0 saturated carbocycles. The maximum Gasteiger partial charge on any atom is 0.417 e. The fourth-order valence-electron chi connectivity index (χ4n) is 3.84. The Bertz CT molecular complexity index is 1240. The average molecular weight is 512 g/mol. The molecule has 2 heterocycles. The Morgan fingerprint density at radius 1 is 1.14 bits per heavy atom. The minimum atomic E-state index is -5.12. The molecule has 0 bridgehead atoms. The van der Waals surface area contributed by atoms with E-state index < -0.39 is 53.2 Å². The van der Waals surface area contributed by atoms with E-state index in [-0.39, 0.29) is 18.9 Å². The third kappa shape index (κ3) is 5.95. The van der Waals surface area contributed by atoms with E-state index >= 15 is 0 Å². The maximum atomic E-state index is 13.4. The molecule has 2 atom stereocenters. The number of hydrogen-bond acceptors (Lipinski definition) is 4. The van der Waals surface area contributed by atoms with E-state index in [1.807, 2.05) is 24.3 Å². The predicted molar refractivity (Wildman–Crippen MR) is 120 cm³/mol. The van der Waals surface area contributed by atoms with Crippen molar-refractivity contribution in [1.82, 2.24) is 9.88 Å². The minimum absolute atomic E-state index is 0.0470. The van der Waals surface area contributed by atoms with Crippen LogP contribution in [0.4, 0.5) is 31.1 Å². The van der Waals surface area contributed by atoms with Crippen LogP contribution in [0.15, 0.2) is 72.1 Å². The summed E-state index contributed by atoms with van der Waals surface area (Å²) in [4.78, 5) is 30.1. The van der Waals surface area contributed by atoms with Gasteiger partial charge in [-0.1, -0.05) is 24.8 Å². The lowest BCUT2D eigenvalue weighted by molar-refractivity contribution is -0.129. The number of benzene rings is 1. The van der Waals surface area contributed by atoms with Crippen molar-refractivity contribution in [3.05, 3.63) is 77.7 Å². The van der Waals surface area contributed by atoms with Gasteiger partial charge in [-0.3, -0.25) is 9.78 Å². The number of amides is 2. The number of cyclic esters (lactones) is 1. The van der Waals surface area contributed by atoms with Gasteiger partial charge in [0.05, 0.1) is 11.6 Å². The highest BCUT2D eigenvalue weighted by molar-refractivity contribution is 5.94. The van der Waals surface area contributed by atoms with Gasteiger partial charge in [-0.15, -0.1) is 0 Å². The second kappa shape index (κ2) is 10.2. The largest absolute Gasteiger partial charge is 0.439 e. The molecule has 0 aliphatic carbocycles. The summed E-state index contributed by atoms with van der Waals surface area (Å²) in [5, 5.41) is 1.76. The molecular formula is C25H22F6N2O3. The molecule has 0 unspecified atom stereocenters. The normalized spacial score (nSPS) is 19.6. The second-order valence-corrected chi connectivity index (χ2v) is 8.32. The summed E-state index contributed by atoms with van der Waals surface area (Å²) in [6.07, 6.45) is -8.70. The Balaban J connectivity index is 1.77. The van der Waals surface area contributed by atoms with E-state index in [9.17, 15) is 35.9 Å². The Kier molecular flexibility index (Phi) is 7.61. The number of imide groups is 1. The van der Waals surface area contributed by atoms with Crippen molar-refractivity contribution in [3.8, 4) is 0 Å². The van der Waals surface area contributed by atoms with E-state index in [0.717, 1.165) is 21.2 Å². The maximum absolute atomic E-state index is 13.4. The first-order chi connectivity index (χ1) is 16.7. The summed E-state index contributed by atoms with van der Waals surface area (Å²) in [7, 11) is 0. The molecule has 1 aromatic carbocycles. The molecule has 1 aliphatic rings. The zero-order chi connectivity index (χ0) is 26.8. The zero-order valence-corrected chi connectivity index (χ0v) is 19.3. The number of carbonyl (C=O) groups excluding carboxylic acids is 2. The van der Waals surface area contributed by atoms with Crippen molar-refractivity contribution < 1.29 is 40.7 Å². The molecule has 1 aromatic heterocycles. The molecule has 36 heavy (non-hydrogen) atoms. The predicted octanol–water partition coefficient (Wildman–Crippen LogP) is 6.46. The molecule has 1 fully saturated rings. The number of halogens is 6. The molecule has 1 aliphatic heterocycles. The molecule has 0 radical (unpaired) electrons. The number of aryl methyl sites for hydroxylation is 1. The van der Waals surface area contributed by atoms with Crippen LogP contribution in [0.1, 0.15) is 25.8 Å². The van der Waals surface area contributed by atoms with Crippen molar-refractivity contribution in [2.24, 2.45) is 0 Å². The van der Waals surface area contributed by atoms with E-state index in [4.69, 9.17) is 4.74 Å². The molecule has 2 amide bonds. The highest BCUT2D eigenvalue weighted by Crippen LogP contribution is 2.34. The Morgan fingerprint density at radius 2 is 1.83 bits per heavy atom. The van der Waals surface area contributed by atoms with Gasteiger partial charge in [-0.2, -0.15) is 26.3 Å². The van der Waals surface area contributed by atoms with Crippen LogP contribution in [0.2, 0.25) is 0 Å². The summed E-state index contributed by atoms with van der Waals surface area (Å²) in [6, 6.07) is 6.30. The average Bonchev–Trinajstić information content (AvgIpc) is 3.09. The highest BCUT2D eigenvalue weighted by Gasteiger charge is 2.44. The van der Waals surface area contributed by atoms with Gasteiger partial charge in [0.15, 0.2) is 0 Å². The first-order valence-electron chi connectivity index (χ1n) is 10.8. The topological polar surface area (TPSA) is 59.5 Å².